The van der Waals surface area contributed by atoms with Gasteiger partial charge in [-0.05, 0) is 43.2 Å². The number of benzene rings is 1. The molecule has 3 aromatic rings. The zero-order valence-electron chi connectivity index (χ0n) is 16.6. The number of amides is 1. The van der Waals surface area contributed by atoms with Crippen molar-refractivity contribution in [3.8, 4) is 17.5 Å². The number of hydrogen-bond donors (Lipinski definition) is 1. The Bertz CT molecular complexity index is 1240. The maximum absolute atomic E-state index is 13.1. The Morgan fingerprint density at radius 1 is 1.35 bits per heavy atom. The predicted octanol–water partition coefficient (Wildman–Crippen LogP) is 3.02. The van der Waals surface area contributed by atoms with E-state index in [1.807, 2.05) is 6.07 Å². The van der Waals surface area contributed by atoms with Crippen LogP contribution in [0.5, 0.6) is 0 Å². The van der Waals surface area contributed by atoms with Crippen LogP contribution in [0.3, 0.4) is 0 Å². The van der Waals surface area contributed by atoms with Crippen LogP contribution in [-0.2, 0) is 14.8 Å². The van der Waals surface area contributed by atoms with Gasteiger partial charge in [-0.25, -0.2) is 8.42 Å². The number of thiophene rings is 1. The van der Waals surface area contributed by atoms with E-state index in [1.165, 1.54) is 10.4 Å². The second kappa shape index (κ2) is 8.58. The molecule has 0 bridgehead atoms. The lowest BCUT2D eigenvalue weighted by Crippen LogP contribution is -2.43. The van der Waals surface area contributed by atoms with Gasteiger partial charge in [0, 0.05) is 36.6 Å². The Morgan fingerprint density at radius 3 is 2.81 bits per heavy atom. The van der Waals surface area contributed by atoms with E-state index in [2.05, 4.69) is 15.5 Å². The van der Waals surface area contributed by atoms with Gasteiger partial charge in [-0.1, -0.05) is 5.16 Å². The lowest BCUT2D eigenvalue weighted by atomic mass is 9.98. The minimum absolute atomic E-state index is 0.110. The third-order valence-electron chi connectivity index (χ3n) is 4.99. The first kappa shape index (κ1) is 21.2. The molecule has 1 atom stereocenters. The molecule has 1 aliphatic heterocycles. The molecule has 3 heterocycles. The van der Waals surface area contributed by atoms with E-state index in [9.17, 15) is 13.2 Å². The molecule has 1 N–H and O–H groups in total. The second-order valence-corrected chi connectivity index (χ2v) is 10.2. The van der Waals surface area contributed by atoms with Gasteiger partial charge >= 0.3 is 0 Å². The highest BCUT2D eigenvalue weighted by Gasteiger charge is 2.34. The molecule has 1 aromatic carbocycles. The van der Waals surface area contributed by atoms with Crippen molar-refractivity contribution < 1.29 is 17.7 Å². The van der Waals surface area contributed by atoms with Crippen molar-refractivity contribution in [2.45, 2.75) is 24.0 Å². The topological polar surface area (TPSA) is 129 Å². The number of carbonyl (C=O) groups is 1. The summed E-state index contributed by atoms with van der Waals surface area (Å²) in [6, 6.07) is 10.1. The van der Waals surface area contributed by atoms with Gasteiger partial charge in [0.05, 0.1) is 17.6 Å². The summed E-state index contributed by atoms with van der Waals surface area (Å²) in [5, 5.41) is 17.2. The summed E-state index contributed by atoms with van der Waals surface area (Å²) in [5.41, 5.74) is 1.65. The summed E-state index contributed by atoms with van der Waals surface area (Å²) in [5.74, 6) is 0.0449. The molecule has 1 amide bonds. The maximum atomic E-state index is 13.1. The molecule has 2 aromatic heterocycles. The molecule has 0 spiro atoms. The molecular weight excluding hydrogens is 438 g/mol. The highest BCUT2D eigenvalue weighted by molar-refractivity contribution is 7.91. The number of carbonyl (C=O) groups excluding carboxylic acids is 1. The van der Waals surface area contributed by atoms with Crippen molar-refractivity contribution in [3.05, 3.63) is 47.2 Å². The molecule has 0 saturated carbocycles. The van der Waals surface area contributed by atoms with E-state index in [-0.39, 0.29) is 16.7 Å². The van der Waals surface area contributed by atoms with Gasteiger partial charge in [-0.2, -0.15) is 14.6 Å². The number of sulfonamides is 1. The number of nitriles is 1. The second-order valence-electron chi connectivity index (χ2n) is 7.17. The van der Waals surface area contributed by atoms with Gasteiger partial charge in [-0.15, -0.1) is 11.3 Å². The number of hydrogen-bond acceptors (Lipinski definition) is 8. The van der Waals surface area contributed by atoms with Gasteiger partial charge in [0.25, 0.3) is 10.0 Å². The van der Waals surface area contributed by atoms with Gasteiger partial charge in [0.15, 0.2) is 0 Å². The van der Waals surface area contributed by atoms with Crippen LogP contribution < -0.4 is 5.32 Å². The fraction of sp³-hybridized carbons (Fsp3) is 0.300. The maximum Gasteiger partial charge on any atom is 0.252 e. The number of anilines is 1. The smallest absolute Gasteiger partial charge is 0.252 e. The number of piperidine rings is 1. The summed E-state index contributed by atoms with van der Waals surface area (Å²) in [4.78, 5) is 16.8. The number of aromatic nitrogens is 2. The largest absolute Gasteiger partial charge is 0.339 e. The van der Waals surface area contributed by atoms with Crippen LogP contribution in [0.2, 0.25) is 0 Å². The first-order valence-corrected chi connectivity index (χ1v) is 11.9. The lowest BCUT2D eigenvalue weighted by molar-refractivity contribution is -0.120. The van der Waals surface area contributed by atoms with E-state index in [0.717, 1.165) is 11.3 Å². The zero-order chi connectivity index (χ0) is 22.0. The molecule has 1 fully saturated rings. The summed E-state index contributed by atoms with van der Waals surface area (Å²) in [6.07, 6.45) is 1.19. The average molecular weight is 458 g/mol. The Hall–Kier alpha value is -3.07. The van der Waals surface area contributed by atoms with Crippen LogP contribution in [-0.4, -0.2) is 41.9 Å². The van der Waals surface area contributed by atoms with E-state index in [0.29, 0.717) is 47.9 Å². The monoisotopic (exact) mass is 457 g/mol. The third-order valence-corrected chi connectivity index (χ3v) is 8.27. The zero-order valence-corrected chi connectivity index (χ0v) is 18.2. The lowest BCUT2D eigenvalue weighted by Gasteiger charge is -2.30. The van der Waals surface area contributed by atoms with E-state index >= 15 is 0 Å². The Kier molecular flexibility index (Phi) is 5.86. The fourth-order valence-electron chi connectivity index (χ4n) is 3.36. The SMILES string of the molecule is Cc1nc(-c2csc(S(=O)(=O)N3CCCC(C(=O)Nc4ccc(C#N)cc4)C3)c2)no1. The summed E-state index contributed by atoms with van der Waals surface area (Å²) < 4.78 is 32.8. The highest BCUT2D eigenvalue weighted by atomic mass is 32.2. The minimum Gasteiger partial charge on any atom is -0.339 e. The molecule has 9 nitrogen and oxygen atoms in total. The van der Waals surface area contributed by atoms with Crippen molar-refractivity contribution in [2.24, 2.45) is 5.92 Å². The molecule has 1 aliphatic rings. The fourth-order valence-corrected chi connectivity index (χ4v) is 6.19. The molecule has 0 aliphatic carbocycles. The molecular formula is C20H19N5O4S2. The van der Waals surface area contributed by atoms with Crippen molar-refractivity contribution in [1.82, 2.24) is 14.4 Å². The number of nitrogens with one attached hydrogen (secondary N) is 1. The summed E-state index contributed by atoms with van der Waals surface area (Å²) >= 11 is 1.09. The highest BCUT2D eigenvalue weighted by Crippen LogP contribution is 2.31. The van der Waals surface area contributed by atoms with E-state index in [4.69, 9.17) is 9.78 Å². The minimum atomic E-state index is -3.74. The number of nitrogens with zero attached hydrogens (tertiary/aromatic N) is 4. The van der Waals surface area contributed by atoms with Crippen molar-refractivity contribution in [3.63, 3.8) is 0 Å². The normalized spacial score (nSPS) is 17.2. The molecule has 1 unspecified atom stereocenters. The first-order valence-electron chi connectivity index (χ1n) is 9.57. The van der Waals surface area contributed by atoms with Crippen molar-refractivity contribution >= 4 is 33.0 Å². The third kappa shape index (κ3) is 4.51. The van der Waals surface area contributed by atoms with Crippen LogP contribution >= 0.6 is 11.3 Å². The molecule has 11 heteroatoms. The van der Waals surface area contributed by atoms with Crippen LogP contribution in [0, 0.1) is 24.2 Å². The van der Waals surface area contributed by atoms with Crippen LogP contribution in [0.4, 0.5) is 5.69 Å². The summed E-state index contributed by atoms with van der Waals surface area (Å²) in [7, 11) is -3.74. The standard InChI is InChI=1S/C20H19N5O4S2/c1-13-22-19(24-29-13)16-9-18(30-12-16)31(27,28)25-8-2-3-15(11-25)20(26)23-17-6-4-14(10-21)5-7-17/h4-7,9,12,15H,2-3,8,11H2,1H3,(H,23,26). The molecule has 31 heavy (non-hydrogen) atoms. The van der Waals surface area contributed by atoms with E-state index in [1.54, 1.807) is 36.6 Å². The average Bonchev–Trinajstić information content (AvgIpc) is 3.44. The molecule has 1 saturated heterocycles. The molecule has 4 rings (SSSR count). The van der Waals surface area contributed by atoms with Gasteiger partial charge in [0.1, 0.15) is 4.21 Å². The van der Waals surface area contributed by atoms with Gasteiger partial charge < -0.3 is 9.84 Å². The van der Waals surface area contributed by atoms with Crippen LogP contribution in [0.15, 0.2) is 44.4 Å². The quantitative estimate of drug-likeness (QED) is 0.623. The molecule has 0 radical (unpaired) electrons. The van der Waals surface area contributed by atoms with Gasteiger partial charge in [-0.3, -0.25) is 4.79 Å². The number of rotatable bonds is 5. The van der Waals surface area contributed by atoms with E-state index < -0.39 is 15.9 Å². The van der Waals surface area contributed by atoms with Crippen molar-refractivity contribution in [1.29, 1.82) is 5.26 Å². The number of aryl methyl sites for hydroxylation is 1. The Balaban J connectivity index is 1.46. The van der Waals surface area contributed by atoms with Crippen LogP contribution in [0.1, 0.15) is 24.3 Å². The molecule has 160 valence electrons. The Labute approximate surface area is 183 Å². The predicted molar refractivity (Wildman–Crippen MR) is 114 cm³/mol. The first-order chi connectivity index (χ1) is 14.9. The van der Waals surface area contributed by atoms with Crippen molar-refractivity contribution in [2.75, 3.05) is 18.4 Å². The Morgan fingerprint density at radius 2 is 2.13 bits per heavy atom. The van der Waals surface area contributed by atoms with Crippen LogP contribution in [0.25, 0.3) is 11.4 Å². The summed E-state index contributed by atoms with van der Waals surface area (Å²) in [6.45, 7) is 2.13. The van der Waals surface area contributed by atoms with Gasteiger partial charge in [0.2, 0.25) is 17.6 Å².